The van der Waals surface area contributed by atoms with Crippen molar-refractivity contribution >= 4 is 10.8 Å². The second-order valence-corrected chi connectivity index (χ2v) is 9.25. The second-order valence-electron chi connectivity index (χ2n) is 9.25. The molecule has 0 aromatic heterocycles. The van der Waals surface area contributed by atoms with Crippen molar-refractivity contribution in [1.82, 2.24) is 0 Å². The van der Waals surface area contributed by atoms with E-state index in [4.69, 9.17) is 0 Å². The van der Waals surface area contributed by atoms with E-state index in [0.29, 0.717) is 0 Å². The van der Waals surface area contributed by atoms with Crippen molar-refractivity contribution in [3.05, 3.63) is 55.0 Å². The molecule has 0 saturated carbocycles. The molecule has 2 aromatic carbocycles. The third-order valence-electron chi connectivity index (χ3n) is 6.58. The molecule has 0 bridgehead atoms. The zero-order valence-corrected chi connectivity index (χ0v) is 19.7. The molecule has 30 heavy (non-hydrogen) atoms. The Bertz CT molecular complexity index is 636. The van der Waals surface area contributed by atoms with E-state index in [1.807, 2.05) is 0 Å². The summed E-state index contributed by atoms with van der Waals surface area (Å²) in [7, 11) is 0. The van der Waals surface area contributed by atoms with E-state index in [1.54, 1.807) is 0 Å². The normalized spacial score (nSPS) is 11.4. The number of benzene rings is 2. The van der Waals surface area contributed by atoms with E-state index in [2.05, 4.69) is 49.4 Å². The first kappa shape index (κ1) is 25.0. The van der Waals surface area contributed by atoms with Gasteiger partial charge in [0.05, 0.1) is 0 Å². The van der Waals surface area contributed by atoms with Gasteiger partial charge in [-0.1, -0.05) is 159 Å². The van der Waals surface area contributed by atoms with Gasteiger partial charge in [0.2, 0.25) is 0 Å². The molecule has 0 aliphatic heterocycles. The topological polar surface area (TPSA) is 0 Å². The molecule has 0 saturated heterocycles. The van der Waals surface area contributed by atoms with Crippen LogP contribution in [-0.4, -0.2) is 0 Å². The van der Waals surface area contributed by atoms with Crippen LogP contribution in [0.5, 0.6) is 0 Å². The van der Waals surface area contributed by atoms with Gasteiger partial charge in [0.15, 0.2) is 0 Å². The lowest BCUT2D eigenvalue weighted by molar-refractivity contribution is 0.526. The highest BCUT2D eigenvalue weighted by Crippen LogP contribution is 2.21. The quantitative estimate of drug-likeness (QED) is 0.203. The van der Waals surface area contributed by atoms with Gasteiger partial charge in [-0.2, -0.15) is 0 Å². The first-order valence-electron chi connectivity index (χ1n) is 13.2. The highest BCUT2D eigenvalue weighted by molar-refractivity contribution is 5.85. The largest absolute Gasteiger partial charge is 0.0616 e. The van der Waals surface area contributed by atoms with Crippen LogP contribution in [0.3, 0.4) is 0 Å². The molecule has 0 N–H and O–H groups in total. The molecule has 0 aliphatic rings. The summed E-state index contributed by atoms with van der Waals surface area (Å²) in [5.74, 6) is 0. The fourth-order valence-corrected chi connectivity index (χ4v) is 4.65. The second kappa shape index (κ2) is 17.4. The minimum Gasteiger partial charge on any atom is -0.0616 e. The minimum absolute atomic E-state index is 1.12. The Morgan fingerprint density at radius 1 is 0.433 bits per heavy atom. The number of hydrogen-bond acceptors (Lipinski definition) is 0. The Kier molecular flexibility index (Phi) is 14.5. The van der Waals surface area contributed by atoms with Gasteiger partial charge in [-0.25, -0.2) is 0 Å². The summed E-state index contributed by atoms with van der Waals surface area (Å²) in [6.45, 7) is 3.92. The Labute approximate surface area is 187 Å². The van der Waals surface area contributed by atoms with Crippen LogP contribution >= 0.6 is 0 Å². The highest BCUT2D eigenvalue weighted by Gasteiger charge is 2.00. The van der Waals surface area contributed by atoms with Gasteiger partial charge < -0.3 is 0 Å². The Hall–Kier alpha value is -1.30. The lowest BCUT2D eigenvalue weighted by Gasteiger charge is -2.07. The van der Waals surface area contributed by atoms with Crippen molar-refractivity contribution in [3.63, 3.8) is 0 Å². The van der Waals surface area contributed by atoms with Gasteiger partial charge >= 0.3 is 0 Å². The molecule has 1 radical (unpaired) electrons. The maximum Gasteiger partial charge on any atom is -0.0152 e. The zero-order valence-electron chi connectivity index (χ0n) is 19.7. The van der Waals surface area contributed by atoms with Gasteiger partial charge in [-0.15, -0.1) is 0 Å². The summed E-state index contributed by atoms with van der Waals surface area (Å²) < 4.78 is 0. The molecule has 0 fully saturated rings. The summed E-state index contributed by atoms with van der Waals surface area (Å²) in [5.41, 5.74) is 1.53. The molecule has 0 aliphatic carbocycles. The molecule has 0 atom stereocenters. The fraction of sp³-hybridized carbons (Fsp3) is 0.633. The minimum atomic E-state index is 1.12. The molecular weight excluding hydrogens is 360 g/mol. The van der Waals surface area contributed by atoms with Crippen molar-refractivity contribution in [2.24, 2.45) is 0 Å². The standard InChI is InChI=1S/C30H47/c1-2-3-4-5-6-7-8-9-10-11-12-13-14-15-16-17-18-19-23-28-25-22-26-29-24-20-21-27-30(28)29/h20-22,24-27H,1-19,23H2. The van der Waals surface area contributed by atoms with E-state index in [9.17, 15) is 0 Å². The van der Waals surface area contributed by atoms with Crippen molar-refractivity contribution in [3.8, 4) is 0 Å². The molecule has 0 heterocycles. The van der Waals surface area contributed by atoms with E-state index in [-0.39, 0.29) is 0 Å². The molecule has 0 heteroatoms. The Morgan fingerprint density at radius 3 is 1.40 bits per heavy atom. The fourth-order valence-electron chi connectivity index (χ4n) is 4.65. The third-order valence-corrected chi connectivity index (χ3v) is 6.58. The first-order valence-corrected chi connectivity index (χ1v) is 13.2. The predicted molar refractivity (Wildman–Crippen MR) is 136 cm³/mol. The number of aryl methyl sites for hydroxylation is 1. The Morgan fingerprint density at radius 2 is 0.867 bits per heavy atom. The predicted octanol–water partition coefficient (Wildman–Crippen LogP) is 10.2. The van der Waals surface area contributed by atoms with Crippen LogP contribution in [0.1, 0.15) is 121 Å². The van der Waals surface area contributed by atoms with Crippen LogP contribution in [0.25, 0.3) is 10.8 Å². The van der Waals surface area contributed by atoms with E-state index in [0.717, 1.165) is 6.42 Å². The molecule has 0 amide bonds. The van der Waals surface area contributed by atoms with E-state index in [1.165, 1.54) is 132 Å². The average molecular weight is 408 g/mol. The summed E-state index contributed by atoms with van der Waals surface area (Å²) in [5, 5.41) is 2.83. The maximum absolute atomic E-state index is 3.92. The zero-order chi connectivity index (χ0) is 21.1. The van der Waals surface area contributed by atoms with Crippen molar-refractivity contribution in [1.29, 1.82) is 0 Å². The van der Waals surface area contributed by atoms with Crippen molar-refractivity contribution in [2.45, 2.75) is 122 Å². The molecule has 2 aromatic rings. The monoisotopic (exact) mass is 407 g/mol. The lowest BCUT2D eigenvalue weighted by Crippen LogP contribution is -1.88. The van der Waals surface area contributed by atoms with E-state index >= 15 is 0 Å². The van der Waals surface area contributed by atoms with Gasteiger partial charge in [0, 0.05) is 0 Å². The lowest BCUT2D eigenvalue weighted by atomic mass is 9.99. The smallest absolute Gasteiger partial charge is 0.0152 e. The molecule has 0 spiro atoms. The van der Waals surface area contributed by atoms with Crippen molar-refractivity contribution < 1.29 is 0 Å². The Balaban J connectivity index is 1.33. The van der Waals surface area contributed by atoms with Crippen LogP contribution in [0, 0.1) is 6.92 Å². The summed E-state index contributed by atoms with van der Waals surface area (Å²) in [6.07, 6.45) is 26.7. The van der Waals surface area contributed by atoms with Gasteiger partial charge in [-0.3, -0.25) is 0 Å². The number of fused-ring (bicyclic) bond motifs is 1. The number of hydrogen-bond donors (Lipinski definition) is 0. The molecule has 0 unspecified atom stereocenters. The number of unbranched alkanes of at least 4 members (excludes halogenated alkanes) is 17. The molecule has 2 rings (SSSR count). The molecular formula is C30H47. The van der Waals surface area contributed by atoms with Gasteiger partial charge in [0.1, 0.15) is 0 Å². The molecule has 0 nitrogen and oxygen atoms in total. The van der Waals surface area contributed by atoms with Crippen LogP contribution in [0.2, 0.25) is 0 Å². The van der Waals surface area contributed by atoms with Gasteiger partial charge in [-0.05, 0) is 29.2 Å². The first-order chi connectivity index (χ1) is 14.9. The van der Waals surface area contributed by atoms with Crippen molar-refractivity contribution in [2.75, 3.05) is 0 Å². The van der Waals surface area contributed by atoms with Crippen LogP contribution < -0.4 is 0 Å². The number of rotatable bonds is 19. The summed E-state index contributed by atoms with van der Waals surface area (Å²) in [6, 6.07) is 15.6. The SMILES string of the molecule is [CH2]CCCCCCCCCCCCCCCCCCCc1cccc2ccccc12. The van der Waals surface area contributed by atoms with Crippen LogP contribution in [0.4, 0.5) is 0 Å². The maximum atomic E-state index is 3.92. The van der Waals surface area contributed by atoms with E-state index < -0.39 is 0 Å². The molecule has 167 valence electrons. The highest BCUT2D eigenvalue weighted by atomic mass is 14.1. The van der Waals surface area contributed by atoms with Crippen LogP contribution in [-0.2, 0) is 6.42 Å². The van der Waals surface area contributed by atoms with Crippen LogP contribution in [0.15, 0.2) is 42.5 Å². The average Bonchev–Trinajstić information content (AvgIpc) is 2.78. The van der Waals surface area contributed by atoms with Gasteiger partial charge in [0.25, 0.3) is 0 Å². The summed E-state index contributed by atoms with van der Waals surface area (Å²) in [4.78, 5) is 0. The third kappa shape index (κ3) is 11.2. The summed E-state index contributed by atoms with van der Waals surface area (Å²) >= 11 is 0.